The van der Waals surface area contributed by atoms with Crippen molar-refractivity contribution in [3.8, 4) is 5.75 Å². The topological polar surface area (TPSA) is 182 Å². The molecule has 0 aliphatic heterocycles. The van der Waals surface area contributed by atoms with E-state index in [0.29, 0.717) is 5.56 Å². The van der Waals surface area contributed by atoms with E-state index < -0.39 is 75.6 Å². The van der Waals surface area contributed by atoms with Gasteiger partial charge in [0.1, 0.15) is 22.8 Å². The van der Waals surface area contributed by atoms with E-state index in [-0.39, 0.29) is 51.9 Å². The third kappa shape index (κ3) is 3.19. The molecule has 6 atom stereocenters. The maximum Gasteiger partial charge on any atom is 2.00 e. The number of rotatable bonds is 2. The molecule has 3 aliphatic rings. The minimum absolute atomic E-state index is 0. The summed E-state index contributed by atoms with van der Waals surface area (Å²) in [6.45, 7) is 1.68. The maximum atomic E-state index is 13.7. The van der Waals surface area contributed by atoms with Crippen LogP contribution in [0.25, 0.3) is 5.76 Å². The number of ketones is 2. The van der Waals surface area contributed by atoms with Crippen molar-refractivity contribution in [1.82, 2.24) is 4.90 Å². The first kappa shape index (κ1) is 25.7. The van der Waals surface area contributed by atoms with Crippen LogP contribution in [0.15, 0.2) is 35.1 Å². The van der Waals surface area contributed by atoms with Gasteiger partial charge in [-0.05, 0) is 31.6 Å². The van der Waals surface area contributed by atoms with Gasteiger partial charge in [-0.1, -0.05) is 19.1 Å². The molecule has 0 unspecified atom stereocenters. The van der Waals surface area contributed by atoms with Crippen LogP contribution in [-0.4, -0.2) is 117 Å². The Bertz CT molecular complexity index is 1150. The second-order valence-corrected chi connectivity index (χ2v) is 8.79. The summed E-state index contributed by atoms with van der Waals surface area (Å²) in [6.07, 6.45) is -1.59. The van der Waals surface area contributed by atoms with Gasteiger partial charge in [-0.15, -0.1) is 0 Å². The van der Waals surface area contributed by atoms with Crippen molar-refractivity contribution in [2.75, 3.05) is 14.1 Å². The molecule has 1 aromatic carbocycles. The predicted octanol–water partition coefficient (Wildman–Crippen LogP) is -0.660. The number of aliphatic hydroxyl groups excluding tert-OH is 3. The second kappa shape index (κ2) is 8.37. The zero-order chi connectivity index (χ0) is 23.9. The van der Waals surface area contributed by atoms with Crippen LogP contribution in [0, 0.1) is 11.8 Å². The first-order valence-corrected chi connectivity index (χ1v) is 10.0. The van der Waals surface area contributed by atoms with Gasteiger partial charge >= 0.3 is 37.7 Å². The molecule has 3 aliphatic carbocycles. The van der Waals surface area contributed by atoms with E-state index >= 15 is 0 Å². The summed E-state index contributed by atoms with van der Waals surface area (Å²) in [4.78, 5) is 40.0. The van der Waals surface area contributed by atoms with E-state index in [1.807, 2.05) is 0 Å². The number of aromatic hydroxyl groups is 1. The van der Waals surface area contributed by atoms with Crippen molar-refractivity contribution in [2.45, 2.75) is 30.6 Å². The standard InChI is InChI=1S/C22H24N2O8.Ca.2H/c1-7-8-5-4-6-9(25)11(8)16(26)12-10(7)17(27)14-15(24(2)3)18(28)13(21(23)31)20(30)22(14,32)19(12)29;;;/h4-7,10,14-15,17,25-27,30,32H,1-3H3,(H2,23,31);;;/q;+2;2*-1/t7-,10+,14-,15-,17-,22-;;;/m0.../s1. The van der Waals surface area contributed by atoms with E-state index in [1.165, 1.54) is 25.1 Å². The molecule has 0 spiro atoms. The Balaban J connectivity index is 0.00000204. The first-order chi connectivity index (χ1) is 14.9. The van der Waals surface area contributed by atoms with Crippen LogP contribution in [0.3, 0.4) is 0 Å². The Morgan fingerprint density at radius 1 is 1.18 bits per heavy atom. The minimum atomic E-state index is -2.89. The van der Waals surface area contributed by atoms with Crippen LogP contribution in [0.5, 0.6) is 5.75 Å². The minimum Gasteiger partial charge on any atom is -1.00 e. The van der Waals surface area contributed by atoms with E-state index in [9.17, 15) is 39.9 Å². The van der Waals surface area contributed by atoms with Gasteiger partial charge in [0, 0.05) is 11.5 Å². The molecule has 1 fully saturated rings. The molecule has 0 heterocycles. The molecule has 0 saturated heterocycles. The number of carbonyl (C=O) groups excluding carboxylic acids is 3. The van der Waals surface area contributed by atoms with Crippen LogP contribution < -0.4 is 5.73 Å². The van der Waals surface area contributed by atoms with E-state index in [1.54, 1.807) is 19.1 Å². The Morgan fingerprint density at radius 3 is 2.33 bits per heavy atom. The molecule has 1 aromatic rings. The van der Waals surface area contributed by atoms with Gasteiger partial charge in [-0.25, -0.2) is 0 Å². The number of likely N-dealkylation sites (N-methyl/N-ethyl adjacent to an activating group) is 1. The molecule has 1 amide bonds. The summed E-state index contributed by atoms with van der Waals surface area (Å²) in [5, 5.41) is 54.9. The zero-order valence-corrected chi connectivity index (χ0v) is 20.5. The zero-order valence-electron chi connectivity index (χ0n) is 20.3. The fourth-order valence-corrected chi connectivity index (χ4v) is 5.58. The van der Waals surface area contributed by atoms with E-state index in [2.05, 4.69) is 0 Å². The summed E-state index contributed by atoms with van der Waals surface area (Å²) < 4.78 is 0. The molecular weight excluding hydrogens is 460 g/mol. The third-order valence-electron chi connectivity index (χ3n) is 6.99. The summed E-state index contributed by atoms with van der Waals surface area (Å²) in [7, 11) is 2.92. The average Bonchev–Trinajstić information content (AvgIpc) is 2.70. The van der Waals surface area contributed by atoms with Gasteiger partial charge in [0.2, 0.25) is 5.78 Å². The number of primary amides is 1. The molecule has 4 rings (SSSR count). The number of amides is 1. The number of carbonyl (C=O) groups is 3. The van der Waals surface area contributed by atoms with Crippen molar-refractivity contribution in [2.24, 2.45) is 17.6 Å². The summed E-state index contributed by atoms with van der Waals surface area (Å²) in [5.74, 6) is -8.87. The van der Waals surface area contributed by atoms with Crippen LogP contribution >= 0.6 is 0 Å². The average molecular weight is 487 g/mol. The van der Waals surface area contributed by atoms with Gasteiger partial charge in [0.05, 0.1) is 23.6 Å². The fourth-order valence-electron chi connectivity index (χ4n) is 5.58. The Kier molecular flexibility index (Phi) is 6.51. The Hall–Kier alpha value is -1.95. The molecular formula is C22H26CaN2O8. The van der Waals surface area contributed by atoms with Gasteiger partial charge < -0.3 is 34.1 Å². The number of phenols is 1. The summed E-state index contributed by atoms with van der Waals surface area (Å²) in [6, 6.07) is 3.13. The number of hydrogen-bond donors (Lipinski definition) is 6. The monoisotopic (exact) mass is 486 g/mol. The number of benzene rings is 1. The first-order valence-electron chi connectivity index (χ1n) is 10.0. The molecule has 0 aromatic heterocycles. The van der Waals surface area contributed by atoms with Crippen molar-refractivity contribution in [1.29, 1.82) is 0 Å². The number of phenolic OH excluding ortho intramolecular Hbond substituents is 1. The summed E-state index contributed by atoms with van der Waals surface area (Å²) in [5.41, 5.74) is 1.47. The van der Waals surface area contributed by atoms with Crippen molar-refractivity contribution >= 4 is 61.0 Å². The molecule has 0 bridgehead atoms. The van der Waals surface area contributed by atoms with E-state index in [0.717, 1.165) is 0 Å². The SMILES string of the molecule is C[C@H]1c2cccc(O)c2C(O)=C2C(=O)[C@]3(O)C(O)=C(C(N)=O)C(=O)[C@@H](N(C)C)[C@H]3[C@@H](O)[C@@H]21.[Ca+2].[H-].[H-]. The third-order valence-corrected chi connectivity index (χ3v) is 6.99. The van der Waals surface area contributed by atoms with Crippen LogP contribution in [0.2, 0.25) is 0 Å². The van der Waals surface area contributed by atoms with Crippen LogP contribution in [-0.2, 0) is 14.4 Å². The van der Waals surface area contributed by atoms with Crippen molar-refractivity contribution in [3.05, 3.63) is 46.2 Å². The molecule has 7 N–H and O–H groups in total. The van der Waals surface area contributed by atoms with Gasteiger partial charge in [0.25, 0.3) is 5.91 Å². The number of fused-ring (bicyclic) bond motifs is 3. The van der Waals surface area contributed by atoms with Crippen LogP contribution in [0.1, 0.15) is 26.8 Å². The smallest absolute Gasteiger partial charge is 1.00 e. The van der Waals surface area contributed by atoms with Crippen molar-refractivity contribution < 1.29 is 42.8 Å². The van der Waals surface area contributed by atoms with Gasteiger partial charge in [0.15, 0.2) is 11.4 Å². The normalized spacial score (nSPS) is 33.3. The van der Waals surface area contributed by atoms with E-state index in [4.69, 9.17) is 5.73 Å². The molecule has 10 nitrogen and oxygen atoms in total. The summed E-state index contributed by atoms with van der Waals surface area (Å²) >= 11 is 0. The van der Waals surface area contributed by atoms with Gasteiger partial charge in [-0.2, -0.15) is 0 Å². The molecule has 0 radical (unpaired) electrons. The second-order valence-electron chi connectivity index (χ2n) is 8.79. The number of nitrogens with two attached hydrogens (primary N) is 1. The Labute approximate surface area is 222 Å². The van der Waals surface area contributed by atoms with Gasteiger partial charge in [-0.3, -0.25) is 19.3 Å². The quantitative estimate of drug-likeness (QED) is 0.233. The van der Waals surface area contributed by atoms with Crippen molar-refractivity contribution in [3.63, 3.8) is 0 Å². The molecule has 11 heteroatoms. The maximum absolute atomic E-state index is 13.7. The molecule has 33 heavy (non-hydrogen) atoms. The predicted molar refractivity (Wildman–Crippen MR) is 118 cm³/mol. The molecule has 1 saturated carbocycles. The van der Waals surface area contributed by atoms with Crippen LogP contribution in [0.4, 0.5) is 0 Å². The molecule has 174 valence electrons. The fraction of sp³-hybridized carbons (Fsp3) is 0.409. The largest absolute Gasteiger partial charge is 2.00 e. The number of aliphatic hydroxyl groups is 4. The number of nitrogens with zero attached hydrogens (tertiary/aromatic N) is 1. The number of Topliss-reactive ketones (excluding diaryl/α,β-unsaturated/α-hetero) is 2. The Morgan fingerprint density at radius 2 is 1.79 bits per heavy atom. The number of hydrogen-bond acceptors (Lipinski definition) is 9.